The number of benzene rings is 4. The minimum atomic E-state index is -1.14. The molecule has 2 amide bonds. The molecule has 2 saturated heterocycles. The zero-order valence-electron chi connectivity index (χ0n) is 22.3. The first-order chi connectivity index (χ1) is 19.9. The molecule has 0 radical (unpaired) electrons. The van der Waals surface area contributed by atoms with E-state index in [1.54, 1.807) is 6.08 Å². The molecule has 9 nitrogen and oxygen atoms in total. The molecule has 0 aliphatic carbocycles. The molecule has 4 aromatic carbocycles. The van der Waals surface area contributed by atoms with Gasteiger partial charge in [0.05, 0.1) is 17.1 Å². The van der Waals surface area contributed by atoms with Gasteiger partial charge in [-0.15, -0.1) is 10.1 Å². The summed E-state index contributed by atoms with van der Waals surface area (Å²) in [5, 5.41) is 6.08. The molecule has 9 heteroatoms. The Morgan fingerprint density at radius 2 is 1.32 bits per heavy atom. The van der Waals surface area contributed by atoms with Crippen molar-refractivity contribution >= 4 is 50.9 Å². The molecule has 0 atom stereocenters. The monoisotopic (exact) mass is 546 g/mol. The molecule has 0 saturated carbocycles. The summed E-state index contributed by atoms with van der Waals surface area (Å²) < 4.78 is 0. The lowest BCUT2D eigenvalue weighted by atomic mass is 9.90. The first-order valence-corrected chi connectivity index (χ1v) is 13.4. The van der Waals surface area contributed by atoms with Crippen LogP contribution in [0.15, 0.2) is 96.0 Å². The van der Waals surface area contributed by atoms with Crippen LogP contribution >= 0.6 is 0 Å². The van der Waals surface area contributed by atoms with E-state index < -0.39 is 6.16 Å². The molecule has 0 unspecified atom stereocenters. The fourth-order valence-electron chi connectivity index (χ4n) is 5.95. The number of anilines is 2. The van der Waals surface area contributed by atoms with Gasteiger partial charge in [-0.3, -0.25) is 19.3 Å². The van der Waals surface area contributed by atoms with E-state index in [-0.39, 0.29) is 24.7 Å². The summed E-state index contributed by atoms with van der Waals surface area (Å²) in [6.07, 6.45) is 1.76. The van der Waals surface area contributed by atoms with Crippen molar-refractivity contribution in [3.05, 3.63) is 96.0 Å². The van der Waals surface area contributed by atoms with Gasteiger partial charge in [0, 0.05) is 55.2 Å². The van der Waals surface area contributed by atoms with Crippen molar-refractivity contribution in [2.24, 2.45) is 0 Å². The third kappa shape index (κ3) is 3.97. The summed E-state index contributed by atoms with van der Waals surface area (Å²) in [6.45, 7) is 0. The van der Waals surface area contributed by atoms with E-state index in [1.165, 1.54) is 0 Å². The molecular formula is C32H26N4O5. The highest BCUT2D eigenvalue weighted by Crippen LogP contribution is 2.45. The first kappa shape index (κ1) is 24.7. The second-order valence-electron chi connectivity index (χ2n) is 10.3. The van der Waals surface area contributed by atoms with Gasteiger partial charge in [0.25, 0.3) is 11.8 Å². The fourth-order valence-corrected chi connectivity index (χ4v) is 5.95. The van der Waals surface area contributed by atoms with Crippen molar-refractivity contribution in [1.29, 1.82) is 0 Å². The molecule has 0 spiro atoms. The molecular weight excluding hydrogens is 520 g/mol. The van der Waals surface area contributed by atoms with E-state index in [0.717, 1.165) is 48.5 Å². The lowest BCUT2D eigenvalue weighted by Gasteiger charge is -2.28. The molecule has 4 aromatic rings. The van der Waals surface area contributed by atoms with Gasteiger partial charge in [0.15, 0.2) is 0 Å². The summed E-state index contributed by atoms with van der Waals surface area (Å²) in [4.78, 5) is 50.5. The lowest BCUT2D eigenvalue weighted by molar-refractivity contribution is -0.180. The van der Waals surface area contributed by atoms with Gasteiger partial charge >= 0.3 is 6.16 Å². The molecule has 2 N–H and O–H groups in total. The predicted octanol–water partition coefficient (Wildman–Crippen LogP) is 6.02. The number of nitrogens with two attached hydrogens (primary N) is 1. The summed E-state index contributed by atoms with van der Waals surface area (Å²) in [5.41, 5.74) is 11.6. The van der Waals surface area contributed by atoms with E-state index in [9.17, 15) is 14.4 Å². The number of carbonyl (C=O) groups excluding carboxylic acids is 3. The Morgan fingerprint density at radius 3 is 2.07 bits per heavy atom. The Hall–Kier alpha value is -5.31. The van der Waals surface area contributed by atoms with Crippen molar-refractivity contribution in [3.8, 4) is 11.1 Å². The van der Waals surface area contributed by atoms with Crippen LogP contribution in [0.5, 0.6) is 0 Å². The molecule has 204 valence electrons. The quantitative estimate of drug-likeness (QED) is 0.314. The molecule has 0 aromatic heterocycles. The van der Waals surface area contributed by atoms with Crippen LogP contribution in [-0.2, 0) is 19.3 Å². The normalized spacial score (nSPS) is 20.1. The first-order valence-electron chi connectivity index (χ1n) is 13.4. The van der Waals surface area contributed by atoms with Gasteiger partial charge in [0.1, 0.15) is 0 Å². The Balaban J connectivity index is 1.51. The fraction of sp³-hybridized carbons (Fsp3) is 0.156. The van der Waals surface area contributed by atoms with Crippen LogP contribution in [0.1, 0.15) is 25.7 Å². The molecule has 41 heavy (non-hydrogen) atoms. The van der Waals surface area contributed by atoms with E-state index >= 15 is 0 Å². The van der Waals surface area contributed by atoms with Gasteiger partial charge in [-0.1, -0.05) is 60.7 Å². The van der Waals surface area contributed by atoms with Crippen molar-refractivity contribution in [1.82, 2.24) is 10.1 Å². The Kier molecular flexibility index (Phi) is 5.67. The molecule has 2 fully saturated rings. The lowest BCUT2D eigenvalue weighted by Crippen LogP contribution is -2.32. The number of fused-ring (bicyclic) bond motifs is 4. The van der Waals surface area contributed by atoms with Crippen LogP contribution in [0.3, 0.4) is 0 Å². The average molecular weight is 547 g/mol. The number of hydrogen-bond donors (Lipinski definition) is 1. The van der Waals surface area contributed by atoms with Crippen LogP contribution in [0.25, 0.3) is 32.7 Å². The maximum Gasteiger partial charge on any atom is 0.559 e. The van der Waals surface area contributed by atoms with E-state index in [1.807, 2.05) is 60.5 Å². The number of hydrogen-bond acceptors (Lipinski definition) is 7. The van der Waals surface area contributed by atoms with Gasteiger partial charge in [-0.05, 0) is 39.8 Å². The van der Waals surface area contributed by atoms with Crippen LogP contribution in [0.4, 0.5) is 16.2 Å². The van der Waals surface area contributed by atoms with E-state index in [2.05, 4.69) is 24.3 Å². The van der Waals surface area contributed by atoms with Crippen molar-refractivity contribution in [2.75, 3.05) is 17.7 Å². The van der Waals surface area contributed by atoms with E-state index in [0.29, 0.717) is 35.6 Å². The minimum absolute atomic E-state index is 0.173. The number of amides is 2. The molecule has 7 rings (SSSR count). The summed E-state index contributed by atoms with van der Waals surface area (Å²) >= 11 is 0. The number of likely N-dealkylation sites (N-methyl/N-ethyl adjacent to an activating group) is 1. The topological polar surface area (TPSA) is 105 Å². The summed E-state index contributed by atoms with van der Waals surface area (Å²) in [6, 6.07) is 24.2. The maximum absolute atomic E-state index is 12.8. The zero-order chi connectivity index (χ0) is 28.2. The van der Waals surface area contributed by atoms with E-state index in [4.69, 9.17) is 15.4 Å². The van der Waals surface area contributed by atoms with Crippen molar-refractivity contribution in [2.45, 2.75) is 25.7 Å². The highest BCUT2D eigenvalue weighted by Gasteiger charge is 2.39. The number of carbonyl (C=O) groups is 3. The van der Waals surface area contributed by atoms with Gasteiger partial charge < -0.3 is 10.6 Å². The van der Waals surface area contributed by atoms with Crippen molar-refractivity contribution in [3.63, 3.8) is 0 Å². The SMILES string of the molecule is CN(C1=C2\CCC(=O)N2OC(=O)ON2C(=O)CC\C2=C\1)c1ccc2ccccc2c1-c1c(N)ccc2ccccc12. The average Bonchev–Trinajstić information content (AvgIpc) is 3.52. The molecule has 0 bridgehead atoms. The summed E-state index contributed by atoms with van der Waals surface area (Å²) in [7, 11) is 1.90. The number of hydroxylamine groups is 4. The number of allylic oxidation sites excluding steroid dienone is 3. The second kappa shape index (κ2) is 9.41. The van der Waals surface area contributed by atoms with Crippen LogP contribution in [-0.4, -0.2) is 35.1 Å². The van der Waals surface area contributed by atoms with Crippen LogP contribution in [0.2, 0.25) is 0 Å². The number of nitrogens with zero attached hydrogens (tertiary/aromatic N) is 3. The van der Waals surface area contributed by atoms with Gasteiger partial charge in [0.2, 0.25) is 0 Å². The minimum Gasteiger partial charge on any atom is -0.398 e. The Bertz CT molecular complexity index is 1860. The maximum atomic E-state index is 12.8. The smallest absolute Gasteiger partial charge is 0.398 e. The van der Waals surface area contributed by atoms with Crippen LogP contribution in [0, 0.1) is 0 Å². The number of rotatable bonds is 3. The highest BCUT2D eigenvalue weighted by atomic mass is 16.9. The van der Waals surface area contributed by atoms with Crippen LogP contribution < -0.4 is 10.6 Å². The third-order valence-corrected chi connectivity index (χ3v) is 7.90. The molecule has 3 aliphatic heterocycles. The largest absolute Gasteiger partial charge is 0.559 e. The summed E-state index contributed by atoms with van der Waals surface area (Å²) in [5.74, 6) is -0.727. The van der Waals surface area contributed by atoms with Gasteiger partial charge in [-0.25, -0.2) is 0 Å². The van der Waals surface area contributed by atoms with Gasteiger partial charge in [-0.2, -0.15) is 4.79 Å². The highest BCUT2D eigenvalue weighted by molar-refractivity contribution is 6.13. The second-order valence-corrected chi connectivity index (χ2v) is 10.3. The Morgan fingerprint density at radius 1 is 0.707 bits per heavy atom. The standard InChI is InChI=1S/C32H26N4O5/c1-34(27-18-21-12-16-28(37)35(21)40-32(39)41-36-25(27)15-17-29(36)38)26-14-11-20-7-3-5-9-23(20)31(26)30-22-8-4-2-6-19(22)10-13-24(30)33/h2-11,13-14,18H,12,15-17,33H2,1H3/b21-18-,27-25+. The predicted molar refractivity (Wildman–Crippen MR) is 155 cm³/mol. The zero-order valence-corrected chi connectivity index (χ0v) is 22.3. The molecule has 3 aliphatic rings. The van der Waals surface area contributed by atoms with Crippen molar-refractivity contribution < 1.29 is 24.1 Å². The number of nitrogen functional groups attached to an aromatic ring is 1. The third-order valence-electron chi connectivity index (χ3n) is 7.90. The Labute approximate surface area is 235 Å². The molecule has 3 heterocycles.